The minimum absolute atomic E-state index is 0.185. The number of carboxylic acids is 1. The summed E-state index contributed by atoms with van der Waals surface area (Å²) in [7, 11) is 0. The molecule has 11 heavy (non-hydrogen) atoms. The zero-order chi connectivity index (χ0) is 8.48. The van der Waals surface area contributed by atoms with E-state index in [1.165, 1.54) is 0 Å². The Balaban J connectivity index is 3.02. The first kappa shape index (κ1) is 7.98. The van der Waals surface area contributed by atoms with Crippen LogP contribution in [0.5, 0.6) is 0 Å². The second-order valence-electron chi connectivity index (χ2n) is 2.71. The van der Waals surface area contributed by atoms with Gasteiger partial charge in [0.25, 0.3) is 0 Å². The van der Waals surface area contributed by atoms with E-state index in [0.717, 1.165) is 0 Å². The molecular formula is C7H9NO3. The van der Waals surface area contributed by atoms with Crippen molar-refractivity contribution in [2.45, 2.75) is 24.8 Å². The van der Waals surface area contributed by atoms with Crippen molar-refractivity contribution >= 4 is 11.9 Å². The highest BCUT2D eigenvalue weighted by Gasteiger charge is 2.42. The Morgan fingerprint density at radius 3 is 2.73 bits per heavy atom. The second kappa shape index (κ2) is 2.49. The third-order valence-corrected chi connectivity index (χ3v) is 2.04. The number of carbonyl (C=O) groups excluding carboxylic acids is 1. The Kier molecular flexibility index (Phi) is 1.81. The maximum absolute atomic E-state index is 10.6. The molecule has 1 fully saturated rings. The van der Waals surface area contributed by atoms with E-state index in [1.807, 2.05) is 0 Å². The van der Waals surface area contributed by atoms with E-state index in [2.05, 4.69) is 0 Å². The van der Waals surface area contributed by atoms with Crippen LogP contribution in [0.1, 0.15) is 19.3 Å². The van der Waals surface area contributed by atoms with E-state index < -0.39 is 11.5 Å². The maximum Gasteiger partial charge on any atom is 0.328 e. The van der Waals surface area contributed by atoms with Gasteiger partial charge in [0.15, 0.2) is 0 Å². The third-order valence-electron chi connectivity index (χ3n) is 2.04. The molecule has 3 N–H and O–H groups in total. The van der Waals surface area contributed by atoms with Gasteiger partial charge in [0.1, 0.15) is 11.5 Å². The highest BCUT2D eigenvalue weighted by atomic mass is 16.4. The first-order valence-corrected chi connectivity index (χ1v) is 3.38. The fourth-order valence-corrected chi connectivity index (χ4v) is 1.30. The second-order valence-corrected chi connectivity index (χ2v) is 2.71. The van der Waals surface area contributed by atoms with Gasteiger partial charge < -0.3 is 10.8 Å². The summed E-state index contributed by atoms with van der Waals surface area (Å²) in [4.78, 5) is 20.8. The van der Waals surface area contributed by atoms with Crippen molar-refractivity contribution < 1.29 is 14.7 Å². The normalized spacial score (nSPS) is 30.1. The number of rotatable bonds is 1. The van der Waals surface area contributed by atoms with E-state index >= 15 is 0 Å². The van der Waals surface area contributed by atoms with Crippen LogP contribution in [0, 0.1) is 0 Å². The molecule has 0 heterocycles. The first-order chi connectivity index (χ1) is 5.11. The standard InChI is InChI=1S/C7H9NO3/c8-7(6(10)11)3-1-2-5(7)4-9/h1-3,8H2,(H,10,11). The topological polar surface area (TPSA) is 80.4 Å². The number of hydrogen-bond donors (Lipinski definition) is 2. The molecule has 1 atom stereocenters. The fraction of sp³-hybridized carbons (Fsp3) is 0.571. The zero-order valence-corrected chi connectivity index (χ0v) is 5.96. The highest BCUT2D eigenvalue weighted by Crippen LogP contribution is 2.31. The lowest BCUT2D eigenvalue weighted by molar-refractivity contribution is -0.141. The Hall–Kier alpha value is -1.12. The largest absolute Gasteiger partial charge is 0.480 e. The Bertz CT molecular complexity index is 242. The van der Waals surface area contributed by atoms with Crippen LogP contribution in [0.15, 0.2) is 5.57 Å². The summed E-state index contributed by atoms with van der Waals surface area (Å²) in [6.45, 7) is 0. The van der Waals surface area contributed by atoms with Crippen LogP contribution in [0.3, 0.4) is 0 Å². The zero-order valence-electron chi connectivity index (χ0n) is 5.96. The molecule has 0 amide bonds. The van der Waals surface area contributed by atoms with Gasteiger partial charge in [-0.1, -0.05) is 0 Å². The van der Waals surface area contributed by atoms with Crippen molar-refractivity contribution in [1.82, 2.24) is 0 Å². The van der Waals surface area contributed by atoms with Crippen LogP contribution in [0.2, 0.25) is 0 Å². The predicted molar refractivity (Wildman–Crippen MR) is 37.6 cm³/mol. The van der Waals surface area contributed by atoms with Crippen LogP contribution < -0.4 is 5.73 Å². The van der Waals surface area contributed by atoms with Gasteiger partial charge in [0, 0.05) is 5.57 Å². The molecule has 1 aliphatic rings. The molecule has 0 radical (unpaired) electrons. The molecule has 4 nitrogen and oxygen atoms in total. The van der Waals surface area contributed by atoms with Crippen LogP contribution >= 0.6 is 0 Å². The summed E-state index contributed by atoms with van der Waals surface area (Å²) in [5.41, 5.74) is 4.21. The quantitative estimate of drug-likeness (QED) is 0.510. The average molecular weight is 155 g/mol. The van der Waals surface area contributed by atoms with Gasteiger partial charge in [-0.15, -0.1) is 0 Å². The number of carboxylic acid groups (broad SMARTS) is 1. The van der Waals surface area contributed by atoms with E-state index in [-0.39, 0.29) is 5.57 Å². The molecule has 0 bridgehead atoms. The lowest BCUT2D eigenvalue weighted by atomic mass is 9.95. The number of carbonyl (C=O) groups is 1. The predicted octanol–water partition coefficient (Wildman–Crippen LogP) is -0.290. The van der Waals surface area contributed by atoms with Crippen molar-refractivity contribution in [3.05, 3.63) is 5.57 Å². The highest BCUT2D eigenvalue weighted by molar-refractivity contribution is 5.87. The molecule has 0 aliphatic heterocycles. The molecule has 60 valence electrons. The third kappa shape index (κ3) is 1.06. The molecular weight excluding hydrogens is 146 g/mol. The maximum atomic E-state index is 10.6. The minimum atomic E-state index is -1.43. The lowest BCUT2D eigenvalue weighted by Gasteiger charge is -2.16. The molecule has 0 spiro atoms. The van der Waals surface area contributed by atoms with Gasteiger partial charge in [0.2, 0.25) is 0 Å². The Labute approximate surface area is 63.7 Å². The van der Waals surface area contributed by atoms with Crippen LogP contribution in [0.25, 0.3) is 0 Å². The van der Waals surface area contributed by atoms with Crippen molar-refractivity contribution in [3.8, 4) is 0 Å². The number of nitrogens with two attached hydrogens (primary N) is 1. The molecule has 1 unspecified atom stereocenters. The number of hydrogen-bond acceptors (Lipinski definition) is 3. The van der Waals surface area contributed by atoms with E-state index in [9.17, 15) is 9.59 Å². The summed E-state index contributed by atoms with van der Waals surface area (Å²) in [5, 5.41) is 8.65. The summed E-state index contributed by atoms with van der Waals surface area (Å²) >= 11 is 0. The van der Waals surface area contributed by atoms with Crippen LogP contribution in [-0.4, -0.2) is 22.6 Å². The van der Waals surface area contributed by atoms with Gasteiger partial charge >= 0.3 is 5.97 Å². The Morgan fingerprint density at radius 1 is 1.73 bits per heavy atom. The van der Waals surface area contributed by atoms with Crippen molar-refractivity contribution in [3.63, 3.8) is 0 Å². The van der Waals surface area contributed by atoms with E-state index in [1.54, 1.807) is 5.94 Å². The Morgan fingerprint density at radius 2 is 2.36 bits per heavy atom. The molecule has 0 aromatic rings. The monoisotopic (exact) mass is 155 g/mol. The van der Waals surface area contributed by atoms with Gasteiger partial charge in [-0.3, -0.25) is 0 Å². The van der Waals surface area contributed by atoms with Gasteiger partial charge in [-0.25, -0.2) is 9.59 Å². The lowest BCUT2D eigenvalue weighted by Crippen LogP contribution is -2.46. The van der Waals surface area contributed by atoms with E-state index in [4.69, 9.17) is 10.8 Å². The van der Waals surface area contributed by atoms with Gasteiger partial charge in [0.05, 0.1) is 0 Å². The SMILES string of the molecule is NC1(C(=O)O)CCCC1=C=O. The molecule has 1 saturated carbocycles. The number of aliphatic carboxylic acids is 1. The van der Waals surface area contributed by atoms with Crippen molar-refractivity contribution in [2.24, 2.45) is 5.73 Å². The van der Waals surface area contributed by atoms with Crippen molar-refractivity contribution in [2.75, 3.05) is 0 Å². The van der Waals surface area contributed by atoms with E-state index in [0.29, 0.717) is 19.3 Å². The summed E-state index contributed by atoms with van der Waals surface area (Å²) < 4.78 is 0. The van der Waals surface area contributed by atoms with Gasteiger partial charge in [-0.2, -0.15) is 0 Å². The average Bonchev–Trinajstić information content (AvgIpc) is 2.32. The fourth-order valence-electron chi connectivity index (χ4n) is 1.30. The molecule has 1 aliphatic carbocycles. The smallest absolute Gasteiger partial charge is 0.328 e. The van der Waals surface area contributed by atoms with Crippen LogP contribution in [-0.2, 0) is 9.59 Å². The molecule has 0 aromatic heterocycles. The summed E-state index contributed by atoms with van der Waals surface area (Å²) in [6, 6.07) is 0. The molecule has 4 heteroatoms. The summed E-state index contributed by atoms with van der Waals surface area (Å²) in [6.07, 6.45) is 1.46. The van der Waals surface area contributed by atoms with Crippen molar-refractivity contribution in [1.29, 1.82) is 0 Å². The van der Waals surface area contributed by atoms with Crippen LogP contribution in [0.4, 0.5) is 0 Å². The molecule has 1 rings (SSSR count). The first-order valence-electron chi connectivity index (χ1n) is 3.38. The minimum Gasteiger partial charge on any atom is -0.480 e. The molecule has 0 aromatic carbocycles. The summed E-state index contributed by atoms with van der Waals surface area (Å²) in [5.74, 6) is 0.466. The van der Waals surface area contributed by atoms with Gasteiger partial charge in [-0.05, 0) is 19.3 Å². The molecule has 0 saturated heterocycles.